The van der Waals surface area contributed by atoms with Crippen molar-refractivity contribution >= 4 is 11.6 Å². The Kier molecular flexibility index (Phi) is 9.18. The van der Waals surface area contributed by atoms with Crippen molar-refractivity contribution in [3.63, 3.8) is 0 Å². The van der Waals surface area contributed by atoms with Crippen molar-refractivity contribution in [1.29, 1.82) is 0 Å². The van der Waals surface area contributed by atoms with Gasteiger partial charge in [-0.2, -0.15) is 0 Å². The Hall–Kier alpha value is -2.74. The van der Waals surface area contributed by atoms with Crippen LogP contribution in [0.25, 0.3) is 11.1 Å². The van der Waals surface area contributed by atoms with Gasteiger partial charge in [-0.1, -0.05) is 89.2 Å². The predicted molar refractivity (Wildman–Crippen MR) is 131 cm³/mol. The molecule has 2 nitrogen and oxygen atoms in total. The van der Waals surface area contributed by atoms with Gasteiger partial charge in [0.1, 0.15) is 0 Å². The fourth-order valence-electron chi connectivity index (χ4n) is 3.91. The van der Waals surface area contributed by atoms with E-state index in [0.29, 0.717) is 6.42 Å². The first-order valence-electron chi connectivity index (χ1n) is 11.5. The molecule has 0 aromatic heterocycles. The van der Waals surface area contributed by atoms with Crippen molar-refractivity contribution in [1.82, 2.24) is 0 Å². The van der Waals surface area contributed by atoms with Crippen LogP contribution in [0.3, 0.4) is 0 Å². The van der Waals surface area contributed by atoms with Gasteiger partial charge in [-0.15, -0.1) is 0 Å². The van der Waals surface area contributed by atoms with Crippen molar-refractivity contribution in [2.75, 3.05) is 0 Å². The highest BCUT2D eigenvalue weighted by Gasteiger charge is 2.25. The van der Waals surface area contributed by atoms with E-state index >= 15 is 0 Å². The predicted octanol–water partition coefficient (Wildman–Crippen LogP) is 7.55. The molecule has 0 radical (unpaired) electrons. The van der Waals surface area contributed by atoms with Crippen molar-refractivity contribution in [2.24, 2.45) is 11.8 Å². The van der Waals surface area contributed by atoms with Gasteiger partial charge in [-0.3, -0.25) is 9.59 Å². The van der Waals surface area contributed by atoms with Crippen LogP contribution in [-0.4, -0.2) is 11.6 Å². The van der Waals surface area contributed by atoms with Gasteiger partial charge in [0.25, 0.3) is 0 Å². The van der Waals surface area contributed by atoms with Crippen LogP contribution < -0.4 is 0 Å². The van der Waals surface area contributed by atoms with E-state index in [2.05, 4.69) is 45.0 Å². The number of aryl methyl sites for hydroxylation is 1. The van der Waals surface area contributed by atoms with Gasteiger partial charge >= 0.3 is 0 Å². The highest BCUT2D eigenvalue weighted by molar-refractivity contribution is 6.00. The molecule has 3 rings (SSSR count). The summed E-state index contributed by atoms with van der Waals surface area (Å²) in [6, 6.07) is 14.3. The van der Waals surface area contributed by atoms with E-state index in [1.54, 1.807) is 0 Å². The van der Waals surface area contributed by atoms with E-state index in [9.17, 15) is 9.59 Å². The van der Waals surface area contributed by atoms with Crippen molar-refractivity contribution in [3.05, 3.63) is 83.0 Å². The Balaban J connectivity index is 0.00000166. The number of rotatable bonds is 8. The Labute approximate surface area is 188 Å². The third kappa shape index (κ3) is 6.13. The third-order valence-electron chi connectivity index (χ3n) is 5.77. The first kappa shape index (κ1) is 24.5. The molecule has 0 amide bonds. The fourth-order valence-corrected chi connectivity index (χ4v) is 3.91. The highest BCUT2D eigenvalue weighted by Crippen LogP contribution is 2.29. The molecule has 1 unspecified atom stereocenters. The summed E-state index contributed by atoms with van der Waals surface area (Å²) in [5, 5.41) is 0. The normalized spacial score (nSPS) is 13.5. The smallest absolute Gasteiger partial charge is 0.166 e. The number of Topliss-reactive ketones (excluding diaryl/α,β-unsaturated/α-hetero) is 2. The summed E-state index contributed by atoms with van der Waals surface area (Å²) in [5.74, 6) is 0.635. The van der Waals surface area contributed by atoms with E-state index in [1.165, 1.54) is 5.56 Å². The van der Waals surface area contributed by atoms with Crippen LogP contribution >= 0.6 is 0 Å². The Morgan fingerprint density at radius 2 is 1.77 bits per heavy atom. The summed E-state index contributed by atoms with van der Waals surface area (Å²) in [4.78, 5) is 25.1. The van der Waals surface area contributed by atoms with Gasteiger partial charge < -0.3 is 0 Å². The SMILES string of the molecule is CC.CCC(=O)c1cccc(-c2cc(CC(C(=O)C3=CCC=C3)C(C)C)ccc2C)c1. The average Bonchev–Trinajstić information content (AvgIpc) is 3.33. The van der Waals surface area contributed by atoms with Gasteiger partial charge in [-0.05, 0) is 54.0 Å². The maximum Gasteiger partial charge on any atom is 0.166 e. The van der Waals surface area contributed by atoms with E-state index in [-0.39, 0.29) is 23.4 Å². The minimum atomic E-state index is -0.0347. The zero-order valence-corrected chi connectivity index (χ0v) is 19.9. The maximum atomic E-state index is 13.0. The van der Waals surface area contributed by atoms with Crippen molar-refractivity contribution in [3.8, 4) is 11.1 Å². The lowest BCUT2D eigenvalue weighted by Gasteiger charge is -2.21. The first-order chi connectivity index (χ1) is 14.9. The maximum absolute atomic E-state index is 13.0. The van der Waals surface area contributed by atoms with Gasteiger partial charge in [0, 0.05) is 23.5 Å². The second-order valence-electron chi connectivity index (χ2n) is 8.22. The standard InChI is InChI=1S/C27H30O2.C2H6/c1-5-26(28)23-12-8-11-22(17-23)25-16-20(14-13-19(25)4)15-24(18(2)3)27(29)21-9-6-7-10-21;1-2/h6,8-14,16-18,24H,5,7,15H2,1-4H3;1-2H3. The van der Waals surface area contributed by atoms with Crippen LogP contribution in [0.4, 0.5) is 0 Å². The van der Waals surface area contributed by atoms with Crippen LogP contribution in [0.15, 0.2) is 66.3 Å². The summed E-state index contributed by atoms with van der Waals surface area (Å²) in [5.41, 5.74) is 6.11. The highest BCUT2D eigenvalue weighted by atomic mass is 16.1. The molecule has 2 aromatic rings. The summed E-state index contributed by atoms with van der Waals surface area (Å²) >= 11 is 0. The molecule has 0 saturated carbocycles. The Morgan fingerprint density at radius 3 is 2.39 bits per heavy atom. The molecule has 0 aliphatic heterocycles. The van der Waals surface area contributed by atoms with Gasteiger partial charge in [-0.25, -0.2) is 0 Å². The zero-order valence-electron chi connectivity index (χ0n) is 19.9. The number of carbonyl (C=O) groups excluding carboxylic acids is 2. The average molecular weight is 417 g/mol. The largest absolute Gasteiger partial charge is 0.294 e. The summed E-state index contributed by atoms with van der Waals surface area (Å²) in [6.07, 6.45) is 8.10. The number of benzene rings is 2. The zero-order chi connectivity index (χ0) is 23.0. The van der Waals surface area contributed by atoms with Crippen molar-refractivity contribution in [2.45, 2.75) is 60.8 Å². The van der Waals surface area contributed by atoms with Crippen LogP contribution in [0.5, 0.6) is 0 Å². The molecule has 164 valence electrons. The third-order valence-corrected chi connectivity index (χ3v) is 5.77. The lowest BCUT2D eigenvalue weighted by molar-refractivity contribution is -0.120. The van der Waals surface area contributed by atoms with E-state index < -0.39 is 0 Å². The van der Waals surface area contributed by atoms with Crippen LogP contribution in [0.2, 0.25) is 0 Å². The number of allylic oxidation sites excluding steroid dienone is 4. The van der Waals surface area contributed by atoms with Gasteiger partial charge in [0.15, 0.2) is 11.6 Å². The molecule has 1 aliphatic rings. The van der Waals surface area contributed by atoms with Crippen LogP contribution in [0, 0.1) is 18.8 Å². The van der Waals surface area contributed by atoms with Crippen molar-refractivity contribution < 1.29 is 9.59 Å². The second-order valence-corrected chi connectivity index (χ2v) is 8.22. The lowest BCUT2D eigenvalue weighted by Crippen LogP contribution is -2.23. The minimum absolute atomic E-state index is 0.0347. The monoisotopic (exact) mass is 416 g/mol. The van der Waals surface area contributed by atoms with E-state index in [4.69, 9.17) is 0 Å². The number of ketones is 2. The number of hydrogen-bond donors (Lipinski definition) is 0. The fraction of sp³-hybridized carbons (Fsp3) is 0.379. The number of hydrogen-bond acceptors (Lipinski definition) is 2. The minimum Gasteiger partial charge on any atom is -0.294 e. The topological polar surface area (TPSA) is 34.1 Å². The molecule has 0 heterocycles. The molecule has 0 spiro atoms. The molecule has 0 bridgehead atoms. The first-order valence-corrected chi connectivity index (χ1v) is 11.5. The van der Waals surface area contributed by atoms with Crippen LogP contribution in [-0.2, 0) is 11.2 Å². The molecular weight excluding hydrogens is 380 g/mol. The summed E-state index contributed by atoms with van der Waals surface area (Å²) < 4.78 is 0. The quantitative estimate of drug-likeness (QED) is 0.416. The van der Waals surface area contributed by atoms with Crippen LogP contribution in [0.1, 0.15) is 68.9 Å². The lowest BCUT2D eigenvalue weighted by atomic mass is 9.82. The van der Waals surface area contributed by atoms with E-state index in [0.717, 1.165) is 40.7 Å². The number of carbonyl (C=O) groups is 2. The molecule has 0 saturated heterocycles. The van der Waals surface area contributed by atoms with Gasteiger partial charge in [0.2, 0.25) is 0 Å². The molecule has 0 N–H and O–H groups in total. The molecule has 2 heteroatoms. The summed E-state index contributed by atoms with van der Waals surface area (Å²) in [6.45, 7) is 12.2. The molecule has 31 heavy (non-hydrogen) atoms. The molecule has 1 atom stereocenters. The Bertz CT molecular complexity index is 976. The molecular formula is C29H36O2. The molecule has 1 aliphatic carbocycles. The second kappa shape index (κ2) is 11.6. The Morgan fingerprint density at radius 1 is 1.03 bits per heavy atom. The van der Waals surface area contributed by atoms with E-state index in [1.807, 2.05) is 57.2 Å². The molecule has 0 fully saturated rings. The summed E-state index contributed by atoms with van der Waals surface area (Å²) in [7, 11) is 0. The molecule has 2 aromatic carbocycles. The van der Waals surface area contributed by atoms with Gasteiger partial charge in [0.05, 0.1) is 0 Å².